The van der Waals surface area contributed by atoms with Crippen molar-refractivity contribution in [3.8, 4) is 11.4 Å². The van der Waals surface area contributed by atoms with Gasteiger partial charge in [-0.3, -0.25) is 0 Å². The zero-order valence-electron chi connectivity index (χ0n) is 12.4. The van der Waals surface area contributed by atoms with Crippen molar-refractivity contribution in [2.24, 2.45) is 5.92 Å². The minimum Gasteiger partial charge on any atom is -0.399 e. The Morgan fingerprint density at radius 3 is 2.81 bits per heavy atom. The van der Waals surface area contributed by atoms with E-state index in [4.69, 9.17) is 5.73 Å². The van der Waals surface area contributed by atoms with Gasteiger partial charge in [-0.25, -0.2) is 9.07 Å². The molecule has 112 valence electrons. The lowest BCUT2D eigenvalue weighted by molar-refractivity contribution is 0.239. The van der Waals surface area contributed by atoms with E-state index in [1.54, 1.807) is 23.7 Å². The number of nitrogens with two attached hydrogens (primary N) is 1. The first-order valence-corrected chi connectivity index (χ1v) is 7.41. The lowest BCUT2D eigenvalue weighted by Gasteiger charge is -2.29. The van der Waals surface area contributed by atoms with E-state index < -0.39 is 0 Å². The van der Waals surface area contributed by atoms with Crippen LogP contribution >= 0.6 is 0 Å². The third-order valence-corrected chi connectivity index (χ3v) is 4.39. The van der Waals surface area contributed by atoms with Crippen molar-refractivity contribution >= 4 is 5.69 Å². The standard InChI is InChI=1S/C15H20FN5/c1-9-5-3-4-6-13(9)21-15(18-19-20-21)12-8-11(17)7-10(2)14(12)16/h7-9,13H,3-6,17H2,1-2H3. The summed E-state index contributed by atoms with van der Waals surface area (Å²) in [6.45, 7) is 3.91. The minimum atomic E-state index is -0.302. The first kappa shape index (κ1) is 14.0. The Balaban J connectivity index is 2.07. The number of hydrogen-bond acceptors (Lipinski definition) is 4. The Bertz CT molecular complexity index is 652. The van der Waals surface area contributed by atoms with Gasteiger partial charge >= 0.3 is 0 Å². The highest BCUT2D eigenvalue weighted by molar-refractivity contribution is 5.63. The average molecular weight is 289 g/mol. The van der Waals surface area contributed by atoms with Gasteiger partial charge in [0.15, 0.2) is 5.82 Å². The molecule has 0 bridgehead atoms. The smallest absolute Gasteiger partial charge is 0.185 e. The van der Waals surface area contributed by atoms with Crippen molar-refractivity contribution in [1.29, 1.82) is 0 Å². The van der Waals surface area contributed by atoms with Crippen molar-refractivity contribution in [3.05, 3.63) is 23.5 Å². The number of rotatable bonds is 2. The van der Waals surface area contributed by atoms with E-state index in [-0.39, 0.29) is 11.9 Å². The van der Waals surface area contributed by atoms with Crippen LogP contribution in [0.2, 0.25) is 0 Å². The molecule has 0 aliphatic heterocycles. The number of hydrogen-bond donors (Lipinski definition) is 1. The zero-order valence-corrected chi connectivity index (χ0v) is 12.4. The Kier molecular flexibility index (Phi) is 3.61. The van der Waals surface area contributed by atoms with Crippen LogP contribution in [0.4, 0.5) is 10.1 Å². The first-order chi connectivity index (χ1) is 10.1. The summed E-state index contributed by atoms with van der Waals surface area (Å²) < 4.78 is 16.2. The molecule has 1 aliphatic rings. The highest BCUT2D eigenvalue weighted by Gasteiger charge is 2.28. The molecule has 0 saturated heterocycles. The highest BCUT2D eigenvalue weighted by atomic mass is 19.1. The predicted octanol–water partition coefficient (Wildman–Crippen LogP) is 3.12. The van der Waals surface area contributed by atoms with Crippen LogP contribution in [0.5, 0.6) is 0 Å². The van der Waals surface area contributed by atoms with E-state index in [1.807, 2.05) is 0 Å². The summed E-state index contributed by atoms with van der Waals surface area (Å²) in [4.78, 5) is 0. The van der Waals surface area contributed by atoms with Crippen molar-refractivity contribution in [3.63, 3.8) is 0 Å². The molecular formula is C15H20FN5. The van der Waals surface area contributed by atoms with Crippen LogP contribution in [0.1, 0.15) is 44.2 Å². The van der Waals surface area contributed by atoms with Gasteiger partial charge in [0.25, 0.3) is 0 Å². The molecule has 1 fully saturated rings. The van der Waals surface area contributed by atoms with Gasteiger partial charge < -0.3 is 5.73 Å². The number of nitrogens with zero attached hydrogens (tertiary/aromatic N) is 4. The van der Waals surface area contributed by atoms with E-state index in [0.717, 1.165) is 19.3 Å². The van der Waals surface area contributed by atoms with Gasteiger partial charge in [-0.2, -0.15) is 0 Å². The molecule has 1 saturated carbocycles. The summed E-state index contributed by atoms with van der Waals surface area (Å²) in [5.74, 6) is 0.663. The van der Waals surface area contributed by atoms with Crippen LogP contribution in [-0.2, 0) is 0 Å². The second kappa shape index (κ2) is 5.42. The van der Waals surface area contributed by atoms with E-state index in [2.05, 4.69) is 22.4 Å². The van der Waals surface area contributed by atoms with Gasteiger partial charge in [0, 0.05) is 5.69 Å². The molecule has 1 aliphatic carbocycles. The SMILES string of the molecule is Cc1cc(N)cc(-c2nnnn2C2CCCCC2C)c1F. The number of tetrazole rings is 1. The molecule has 0 radical (unpaired) electrons. The number of aromatic nitrogens is 4. The topological polar surface area (TPSA) is 69.6 Å². The molecule has 2 atom stereocenters. The van der Waals surface area contributed by atoms with Crippen molar-refractivity contribution in [1.82, 2.24) is 20.2 Å². The molecule has 1 aromatic carbocycles. The lowest BCUT2D eigenvalue weighted by Crippen LogP contribution is -2.23. The molecular weight excluding hydrogens is 269 g/mol. The molecule has 1 heterocycles. The maximum absolute atomic E-state index is 14.4. The fourth-order valence-corrected chi connectivity index (χ4v) is 3.21. The molecule has 2 N–H and O–H groups in total. The summed E-state index contributed by atoms with van der Waals surface area (Å²) in [5, 5.41) is 11.9. The van der Waals surface area contributed by atoms with Gasteiger partial charge in [-0.05, 0) is 53.8 Å². The third-order valence-electron chi connectivity index (χ3n) is 4.39. The molecule has 3 rings (SSSR count). The predicted molar refractivity (Wildman–Crippen MR) is 79.0 cm³/mol. The quantitative estimate of drug-likeness (QED) is 0.862. The average Bonchev–Trinajstić information content (AvgIpc) is 2.92. The normalized spacial score (nSPS) is 22.4. The Morgan fingerprint density at radius 2 is 2.05 bits per heavy atom. The third kappa shape index (κ3) is 2.50. The Hall–Kier alpha value is -1.98. The fourth-order valence-electron chi connectivity index (χ4n) is 3.21. The van der Waals surface area contributed by atoms with Crippen LogP contribution in [-0.4, -0.2) is 20.2 Å². The van der Waals surface area contributed by atoms with Crippen LogP contribution in [0.3, 0.4) is 0 Å². The van der Waals surface area contributed by atoms with Gasteiger partial charge in [0.05, 0.1) is 11.6 Å². The van der Waals surface area contributed by atoms with Crippen molar-refractivity contribution in [2.45, 2.75) is 45.6 Å². The van der Waals surface area contributed by atoms with Gasteiger partial charge in [0.1, 0.15) is 5.82 Å². The van der Waals surface area contributed by atoms with E-state index >= 15 is 0 Å². The number of benzene rings is 1. The number of anilines is 1. The molecule has 0 amide bonds. The molecule has 5 nitrogen and oxygen atoms in total. The highest BCUT2D eigenvalue weighted by Crippen LogP contribution is 2.36. The number of halogens is 1. The molecule has 6 heteroatoms. The van der Waals surface area contributed by atoms with E-state index in [1.165, 1.54) is 6.42 Å². The second-order valence-electron chi connectivity index (χ2n) is 5.98. The van der Waals surface area contributed by atoms with Crippen LogP contribution in [0.15, 0.2) is 12.1 Å². The molecule has 21 heavy (non-hydrogen) atoms. The first-order valence-electron chi connectivity index (χ1n) is 7.41. The summed E-state index contributed by atoms with van der Waals surface area (Å²) in [6, 6.07) is 3.46. The zero-order chi connectivity index (χ0) is 15.0. The minimum absolute atomic E-state index is 0.227. The van der Waals surface area contributed by atoms with Crippen molar-refractivity contribution < 1.29 is 4.39 Å². The van der Waals surface area contributed by atoms with Gasteiger partial charge in [-0.1, -0.05) is 19.8 Å². The maximum atomic E-state index is 14.4. The van der Waals surface area contributed by atoms with Gasteiger partial charge in [-0.15, -0.1) is 5.10 Å². The molecule has 2 aromatic rings. The van der Waals surface area contributed by atoms with Crippen LogP contribution in [0, 0.1) is 18.7 Å². The number of aryl methyl sites for hydroxylation is 1. The largest absolute Gasteiger partial charge is 0.399 e. The summed E-state index contributed by atoms with van der Waals surface area (Å²) in [5.41, 5.74) is 7.26. The molecule has 2 unspecified atom stereocenters. The molecule has 0 spiro atoms. The monoisotopic (exact) mass is 289 g/mol. The van der Waals surface area contributed by atoms with E-state index in [0.29, 0.717) is 28.6 Å². The summed E-state index contributed by atoms with van der Waals surface area (Å²) in [7, 11) is 0. The fraction of sp³-hybridized carbons (Fsp3) is 0.533. The summed E-state index contributed by atoms with van der Waals surface area (Å²) in [6.07, 6.45) is 4.58. The van der Waals surface area contributed by atoms with Crippen LogP contribution in [0.25, 0.3) is 11.4 Å². The Labute approximate surface area is 123 Å². The summed E-state index contributed by atoms with van der Waals surface area (Å²) >= 11 is 0. The Morgan fingerprint density at radius 1 is 1.29 bits per heavy atom. The lowest BCUT2D eigenvalue weighted by atomic mass is 9.86. The van der Waals surface area contributed by atoms with Gasteiger partial charge in [0.2, 0.25) is 0 Å². The van der Waals surface area contributed by atoms with Crippen LogP contribution < -0.4 is 5.73 Å². The number of nitrogen functional groups attached to an aromatic ring is 1. The molecule has 1 aromatic heterocycles. The van der Waals surface area contributed by atoms with Crippen molar-refractivity contribution in [2.75, 3.05) is 5.73 Å². The second-order valence-corrected chi connectivity index (χ2v) is 5.98. The van der Waals surface area contributed by atoms with E-state index in [9.17, 15) is 4.39 Å². The maximum Gasteiger partial charge on any atom is 0.185 e.